The topological polar surface area (TPSA) is 51.8 Å². The summed E-state index contributed by atoms with van der Waals surface area (Å²) in [7, 11) is 3.17. The molecule has 0 unspecified atom stereocenters. The van der Waals surface area contributed by atoms with Gasteiger partial charge in [0.15, 0.2) is 11.3 Å². The van der Waals surface area contributed by atoms with Crippen molar-refractivity contribution in [2.24, 2.45) is 0 Å². The van der Waals surface area contributed by atoms with E-state index in [0.29, 0.717) is 28.4 Å². The van der Waals surface area contributed by atoms with E-state index in [-0.39, 0.29) is 5.75 Å². The molecule has 0 atom stereocenters. The van der Waals surface area contributed by atoms with Crippen LogP contribution < -0.4 is 9.47 Å². The van der Waals surface area contributed by atoms with Gasteiger partial charge >= 0.3 is 0 Å². The van der Waals surface area contributed by atoms with Crippen LogP contribution in [0.25, 0.3) is 28.4 Å². The maximum absolute atomic E-state index is 10.2. The van der Waals surface area contributed by atoms with Gasteiger partial charge in [-0.15, -0.1) is 0 Å². The fourth-order valence-corrected chi connectivity index (χ4v) is 2.56. The zero-order valence-electron chi connectivity index (χ0n) is 13.3. The number of hydrogen-bond donors (Lipinski definition) is 1. The third-order valence-corrected chi connectivity index (χ3v) is 3.65. The van der Waals surface area contributed by atoms with Crippen LogP contribution in [-0.2, 0) is 0 Å². The van der Waals surface area contributed by atoms with Crippen molar-refractivity contribution in [3.05, 3.63) is 48.0 Å². The molecule has 1 aromatic heterocycles. The van der Waals surface area contributed by atoms with Crippen molar-refractivity contribution in [1.29, 1.82) is 0 Å². The Hall–Kier alpha value is -2.88. The maximum atomic E-state index is 10.2. The highest BCUT2D eigenvalue weighted by molar-refractivity contribution is 5.90. The number of fused-ring (bicyclic) bond motifs is 1. The van der Waals surface area contributed by atoms with E-state index >= 15 is 0 Å². The summed E-state index contributed by atoms with van der Waals surface area (Å²) in [4.78, 5) is 0. The molecule has 118 valence electrons. The summed E-state index contributed by atoms with van der Waals surface area (Å²) in [5, 5.41) is 11.1. The van der Waals surface area contributed by atoms with Crippen molar-refractivity contribution >= 4 is 17.0 Å². The lowest BCUT2D eigenvalue weighted by Crippen LogP contribution is -1.84. The summed E-state index contributed by atoms with van der Waals surface area (Å²) >= 11 is 0. The minimum Gasteiger partial charge on any atom is -0.507 e. The van der Waals surface area contributed by atoms with Gasteiger partial charge in [-0.3, -0.25) is 0 Å². The monoisotopic (exact) mass is 310 g/mol. The van der Waals surface area contributed by atoms with Crippen molar-refractivity contribution in [3.63, 3.8) is 0 Å². The van der Waals surface area contributed by atoms with E-state index in [1.807, 2.05) is 37.3 Å². The van der Waals surface area contributed by atoms with E-state index in [1.165, 1.54) is 0 Å². The zero-order valence-corrected chi connectivity index (χ0v) is 13.3. The standard InChI is InChI=1S/C19H18O4/c1-4-5-12-8-13-10-17(23-19(13)18(9-12)22-3)15-7-6-14(21-2)11-16(15)20/h4-11,20H,1-3H3. The molecule has 0 spiro atoms. The summed E-state index contributed by atoms with van der Waals surface area (Å²) in [5.74, 6) is 1.94. The van der Waals surface area contributed by atoms with E-state index in [9.17, 15) is 5.11 Å². The van der Waals surface area contributed by atoms with Crippen molar-refractivity contribution in [2.75, 3.05) is 14.2 Å². The van der Waals surface area contributed by atoms with Crippen LogP contribution in [0.3, 0.4) is 0 Å². The van der Waals surface area contributed by atoms with Crippen LogP contribution >= 0.6 is 0 Å². The molecule has 0 aliphatic heterocycles. The quantitative estimate of drug-likeness (QED) is 0.748. The molecular weight excluding hydrogens is 292 g/mol. The van der Waals surface area contributed by atoms with Gasteiger partial charge in [0.05, 0.1) is 19.8 Å². The van der Waals surface area contributed by atoms with Crippen LogP contribution in [0, 0.1) is 0 Å². The Morgan fingerprint density at radius 1 is 1.04 bits per heavy atom. The average molecular weight is 310 g/mol. The van der Waals surface area contributed by atoms with Crippen LogP contribution in [0.1, 0.15) is 12.5 Å². The van der Waals surface area contributed by atoms with E-state index in [0.717, 1.165) is 10.9 Å². The van der Waals surface area contributed by atoms with Crippen molar-refractivity contribution in [3.8, 4) is 28.6 Å². The van der Waals surface area contributed by atoms with Crippen molar-refractivity contribution in [1.82, 2.24) is 0 Å². The lowest BCUT2D eigenvalue weighted by Gasteiger charge is -2.04. The summed E-state index contributed by atoms with van der Waals surface area (Å²) in [6.45, 7) is 1.97. The summed E-state index contributed by atoms with van der Waals surface area (Å²) in [6.07, 6.45) is 3.97. The second-order valence-electron chi connectivity index (χ2n) is 5.14. The molecule has 1 heterocycles. The molecule has 3 aromatic rings. The Labute approximate surface area is 134 Å². The van der Waals surface area contributed by atoms with Crippen molar-refractivity contribution < 1.29 is 19.0 Å². The number of furan rings is 1. The fourth-order valence-electron chi connectivity index (χ4n) is 2.56. The number of phenolic OH excluding ortho intramolecular Hbond substituents is 1. The van der Waals surface area contributed by atoms with Gasteiger partial charge in [0.25, 0.3) is 0 Å². The molecule has 4 nitrogen and oxygen atoms in total. The second-order valence-corrected chi connectivity index (χ2v) is 5.14. The first-order chi connectivity index (χ1) is 11.2. The molecule has 0 saturated carbocycles. The molecule has 4 heteroatoms. The molecule has 23 heavy (non-hydrogen) atoms. The van der Waals surface area contributed by atoms with Gasteiger partial charge in [0, 0.05) is 11.5 Å². The molecule has 3 rings (SSSR count). The normalized spacial score (nSPS) is 11.3. The Balaban J connectivity index is 2.16. The van der Waals surface area contributed by atoms with Crippen molar-refractivity contribution in [2.45, 2.75) is 6.92 Å². The first-order valence-corrected chi connectivity index (χ1v) is 7.28. The number of methoxy groups -OCH3 is 2. The summed E-state index contributed by atoms with van der Waals surface area (Å²) in [6, 6.07) is 10.9. The first-order valence-electron chi connectivity index (χ1n) is 7.28. The predicted molar refractivity (Wildman–Crippen MR) is 91.1 cm³/mol. The number of hydrogen-bond acceptors (Lipinski definition) is 4. The molecule has 0 fully saturated rings. The molecule has 0 amide bonds. The zero-order chi connectivity index (χ0) is 16.4. The smallest absolute Gasteiger partial charge is 0.176 e. The third-order valence-electron chi connectivity index (χ3n) is 3.65. The summed E-state index contributed by atoms with van der Waals surface area (Å²) in [5.41, 5.74) is 2.30. The summed E-state index contributed by atoms with van der Waals surface area (Å²) < 4.78 is 16.4. The highest BCUT2D eigenvalue weighted by Gasteiger charge is 2.14. The molecule has 0 aliphatic carbocycles. The Morgan fingerprint density at radius 2 is 1.87 bits per heavy atom. The van der Waals surface area contributed by atoms with Crippen LogP contribution in [0.15, 0.2) is 46.9 Å². The Bertz CT molecular complexity index is 874. The lowest BCUT2D eigenvalue weighted by molar-refractivity contribution is 0.407. The SMILES string of the molecule is CC=Cc1cc(OC)c2oc(-c3ccc(OC)cc3O)cc2c1. The van der Waals surface area contributed by atoms with Crippen LogP contribution in [0.4, 0.5) is 0 Å². The largest absolute Gasteiger partial charge is 0.507 e. The Kier molecular flexibility index (Phi) is 3.98. The van der Waals surface area contributed by atoms with E-state index in [2.05, 4.69) is 0 Å². The van der Waals surface area contributed by atoms with Gasteiger partial charge in [-0.05, 0) is 42.8 Å². The predicted octanol–water partition coefficient (Wildman–Crippen LogP) is 4.86. The molecular formula is C19H18O4. The van der Waals surface area contributed by atoms with Crippen LogP contribution in [0.2, 0.25) is 0 Å². The Morgan fingerprint density at radius 3 is 2.52 bits per heavy atom. The highest BCUT2D eigenvalue weighted by Crippen LogP contribution is 2.39. The number of benzene rings is 2. The molecule has 0 aliphatic rings. The number of ether oxygens (including phenoxy) is 2. The highest BCUT2D eigenvalue weighted by atomic mass is 16.5. The first kappa shape index (κ1) is 15.0. The molecule has 0 radical (unpaired) electrons. The second kappa shape index (κ2) is 6.08. The maximum Gasteiger partial charge on any atom is 0.176 e. The average Bonchev–Trinajstić information content (AvgIpc) is 2.97. The lowest BCUT2D eigenvalue weighted by atomic mass is 10.1. The molecule has 0 bridgehead atoms. The van der Waals surface area contributed by atoms with Gasteiger partial charge < -0.3 is 19.0 Å². The van der Waals surface area contributed by atoms with Gasteiger partial charge in [-0.25, -0.2) is 0 Å². The number of rotatable bonds is 4. The number of allylic oxidation sites excluding steroid dienone is 1. The molecule has 1 N–H and O–H groups in total. The van der Waals surface area contributed by atoms with Crippen LogP contribution in [0.5, 0.6) is 17.2 Å². The van der Waals surface area contributed by atoms with E-state index in [4.69, 9.17) is 13.9 Å². The fraction of sp³-hybridized carbons (Fsp3) is 0.158. The van der Waals surface area contributed by atoms with Gasteiger partial charge in [0.2, 0.25) is 0 Å². The molecule has 2 aromatic carbocycles. The number of phenols is 1. The minimum absolute atomic E-state index is 0.107. The molecule has 0 saturated heterocycles. The van der Waals surface area contributed by atoms with Gasteiger partial charge in [-0.1, -0.05) is 12.2 Å². The van der Waals surface area contributed by atoms with Gasteiger partial charge in [-0.2, -0.15) is 0 Å². The van der Waals surface area contributed by atoms with Gasteiger partial charge in [0.1, 0.15) is 17.3 Å². The third kappa shape index (κ3) is 2.75. The minimum atomic E-state index is 0.107. The van der Waals surface area contributed by atoms with E-state index in [1.54, 1.807) is 32.4 Å². The van der Waals surface area contributed by atoms with Crippen LogP contribution in [-0.4, -0.2) is 19.3 Å². The number of aromatic hydroxyl groups is 1. The van der Waals surface area contributed by atoms with E-state index < -0.39 is 0 Å².